The van der Waals surface area contributed by atoms with Gasteiger partial charge in [0.15, 0.2) is 0 Å². The Labute approximate surface area is 86.3 Å². The van der Waals surface area contributed by atoms with Gasteiger partial charge >= 0.3 is 0 Å². The van der Waals surface area contributed by atoms with Crippen LogP contribution in [0, 0.1) is 0 Å². The van der Waals surface area contributed by atoms with Gasteiger partial charge in [0.2, 0.25) is 0 Å². The van der Waals surface area contributed by atoms with E-state index in [0.717, 1.165) is 10.9 Å². The van der Waals surface area contributed by atoms with Crippen LogP contribution >= 0.6 is 10.7 Å². The number of hydrogen-bond acceptors (Lipinski definition) is 2. The fourth-order valence-electron chi connectivity index (χ4n) is 1.39. The lowest BCUT2D eigenvalue weighted by Gasteiger charge is -1.98. The molecule has 1 heterocycles. The lowest BCUT2D eigenvalue weighted by Crippen LogP contribution is -1.91. The van der Waals surface area contributed by atoms with Gasteiger partial charge in [0.25, 0.3) is 9.05 Å². The molecule has 3 nitrogen and oxygen atoms in total. The number of aromatic nitrogens is 1. The summed E-state index contributed by atoms with van der Waals surface area (Å²) in [4.78, 5) is 0.133. The van der Waals surface area contributed by atoms with Crippen LogP contribution in [0.15, 0.2) is 35.4 Å². The van der Waals surface area contributed by atoms with Crippen molar-refractivity contribution in [2.24, 2.45) is 7.05 Å². The molecular weight excluding hydrogens is 222 g/mol. The molecule has 0 radical (unpaired) electrons. The van der Waals surface area contributed by atoms with Gasteiger partial charge < -0.3 is 4.57 Å². The highest BCUT2D eigenvalue weighted by Crippen LogP contribution is 2.21. The van der Waals surface area contributed by atoms with E-state index in [-0.39, 0.29) is 4.90 Å². The molecule has 0 amide bonds. The Morgan fingerprint density at radius 2 is 2.00 bits per heavy atom. The molecule has 5 heteroatoms. The lowest BCUT2D eigenvalue weighted by atomic mass is 10.2. The van der Waals surface area contributed by atoms with Crippen molar-refractivity contribution in [3.8, 4) is 0 Å². The van der Waals surface area contributed by atoms with E-state index in [1.165, 1.54) is 6.07 Å². The van der Waals surface area contributed by atoms with Crippen LogP contribution in [0.3, 0.4) is 0 Å². The summed E-state index contributed by atoms with van der Waals surface area (Å²) in [6.07, 6.45) is 1.87. The third-order valence-electron chi connectivity index (χ3n) is 2.14. The van der Waals surface area contributed by atoms with Crippen molar-refractivity contribution < 1.29 is 8.42 Å². The van der Waals surface area contributed by atoms with E-state index in [4.69, 9.17) is 10.7 Å². The summed E-state index contributed by atoms with van der Waals surface area (Å²) in [5.74, 6) is 0. The average molecular weight is 230 g/mol. The first kappa shape index (κ1) is 9.55. The quantitative estimate of drug-likeness (QED) is 0.703. The highest BCUT2D eigenvalue weighted by atomic mass is 35.7. The molecule has 0 aliphatic carbocycles. The molecule has 0 atom stereocenters. The second kappa shape index (κ2) is 3.00. The minimum absolute atomic E-state index is 0.133. The van der Waals surface area contributed by atoms with Crippen molar-refractivity contribution >= 4 is 30.6 Å². The Morgan fingerprint density at radius 3 is 2.64 bits per heavy atom. The molecule has 0 aliphatic heterocycles. The number of nitrogens with zero attached hydrogens (tertiary/aromatic N) is 1. The van der Waals surface area contributed by atoms with Gasteiger partial charge in [-0.1, -0.05) is 6.07 Å². The van der Waals surface area contributed by atoms with E-state index >= 15 is 0 Å². The predicted octanol–water partition coefficient (Wildman–Crippen LogP) is 2.11. The molecule has 0 unspecified atom stereocenters. The molecule has 0 bridgehead atoms. The third-order valence-corrected chi connectivity index (χ3v) is 3.49. The summed E-state index contributed by atoms with van der Waals surface area (Å²) in [5, 5.41) is 0.997. The molecule has 0 saturated carbocycles. The fraction of sp³-hybridized carbons (Fsp3) is 0.111. The molecule has 0 N–H and O–H groups in total. The van der Waals surface area contributed by atoms with E-state index in [1.54, 1.807) is 12.1 Å². The van der Waals surface area contributed by atoms with Crippen molar-refractivity contribution in [3.05, 3.63) is 30.5 Å². The predicted molar refractivity (Wildman–Crippen MR) is 56.0 cm³/mol. The Bertz CT molecular complexity index is 586. The second-order valence-corrected chi connectivity index (χ2v) is 5.65. The van der Waals surface area contributed by atoms with E-state index in [2.05, 4.69) is 0 Å². The smallest absolute Gasteiger partial charge is 0.261 e. The van der Waals surface area contributed by atoms with Crippen LogP contribution in [0.4, 0.5) is 0 Å². The molecule has 74 valence electrons. The van der Waals surface area contributed by atoms with Crippen LogP contribution < -0.4 is 0 Å². The minimum Gasteiger partial charge on any atom is -0.351 e. The zero-order valence-electron chi connectivity index (χ0n) is 7.44. The van der Waals surface area contributed by atoms with Crippen molar-refractivity contribution in [2.75, 3.05) is 0 Å². The van der Waals surface area contributed by atoms with Crippen LogP contribution in [0.5, 0.6) is 0 Å². The highest BCUT2D eigenvalue weighted by molar-refractivity contribution is 8.13. The number of hydrogen-bond donors (Lipinski definition) is 0. The zero-order valence-corrected chi connectivity index (χ0v) is 9.01. The van der Waals surface area contributed by atoms with Crippen molar-refractivity contribution in [2.45, 2.75) is 4.90 Å². The van der Waals surface area contributed by atoms with E-state index in [0.29, 0.717) is 0 Å². The lowest BCUT2D eigenvalue weighted by molar-refractivity contribution is 0.609. The fourth-order valence-corrected chi connectivity index (χ4v) is 2.16. The standard InChI is InChI=1S/C9H8ClNO2S/c1-11-5-4-7-2-3-8(6-9(7)11)14(10,12)13/h2-6H,1H3. The van der Waals surface area contributed by atoms with Crippen LogP contribution in [0.1, 0.15) is 0 Å². The molecule has 2 rings (SSSR count). The molecule has 2 aromatic rings. The van der Waals surface area contributed by atoms with E-state index in [1.807, 2.05) is 23.9 Å². The topological polar surface area (TPSA) is 39.1 Å². The number of aryl methyl sites for hydroxylation is 1. The van der Waals surface area contributed by atoms with Gasteiger partial charge in [0.05, 0.1) is 4.90 Å². The Hall–Kier alpha value is -1.00. The largest absolute Gasteiger partial charge is 0.351 e. The summed E-state index contributed by atoms with van der Waals surface area (Å²) in [6, 6.07) is 6.73. The van der Waals surface area contributed by atoms with Gasteiger partial charge in [-0.05, 0) is 23.6 Å². The van der Waals surface area contributed by atoms with Gasteiger partial charge in [0, 0.05) is 29.4 Å². The summed E-state index contributed by atoms with van der Waals surface area (Å²) < 4.78 is 24.0. The molecule has 1 aromatic carbocycles. The van der Waals surface area contributed by atoms with Crippen LogP contribution in [0.2, 0.25) is 0 Å². The normalized spacial score (nSPS) is 12.1. The van der Waals surface area contributed by atoms with Gasteiger partial charge in [-0.15, -0.1) is 0 Å². The Balaban J connectivity index is 2.79. The maximum absolute atomic E-state index is 11.1. The SMILES string of the molecule is Cn1ccc2ccc(S(=O)(=O)Cl)cc21. The van der Waals surface area contributed by atoms with E-state index in [9.17, 15) is 8.42 Å². The number of fused-ring (bicyclic) bond motifs is 1. The summed E-state index contributed by atoms with van der Waals surface area (Å²) in [7, 11) is 3.47. The molecule has 14 heavy (non-hydrogen) atoms. The molecule has 0 spiro atoms. The van der Waals surface area contributed by atoms with Crippen LogP contribution in [-0.2, 0) is 16.1 Å². The number of halogens is 1. The number of benzene rings is 1. The van der Waals surface area contributed by atoms with Gasteiger partial charge in [-0.3, -0.25) is 0 Å². The third kappa shape index (κ3) is 1.51. The molecule has 0 aliphatic rings. The monoisotopic (exact) mass is 229 g/mol. The highest BCUT2D eigenvalue weighted by Gasteiger charge is 2.10. The molecular formula is C9H8ClNO2S. The zero-order chi connectivity index (χ0) is 10.3. The molecule has 0 saturated heterocycles. The first-order valence-electron chi connectivity index (χ1n) is 3.98. The van der Waals surface area contributed by atoms with Crippen LogP contribution in [-0.4, -0.2) is 13.0 Å². The summed E-state index contributed by atoms with van der Waals surface area (Å²) in [5.41, 5.74) is 0.853. The van der Waals surface area contributed by atoms with Gasteiger partial charge in [0.1, 0.15) is 0 Å². The second-order valence-electron chi connectivity index (χ2n) is 3.09. The van der Waals surface area contributed by atoms with E-state index < -0.39 is 9.05 Å². The first-order valence-corrected chi connectivity index (χ1v) is 6.29. The maximum atomic E-state index is 11.1. The minimum atomic E-state index is -3.63. The van der Waals surface area contributed by atoms with Gasteiger partial charge in [-0.25, -0.2) is 8.42 Å². The van der Waals surface area contributed by atoms with Crippen molar-refractivity contribution in [1.82, 2.24) is 4.57 Å². The van der Waals surface area contributed by atoms with Crippen molar-refractivity contribution in [1.29, 1.82) is 0 Å². The van der Waals surface area contributed by atoms with Crippen molar-refractivity contribution in [3.63, 3.8) is 0 Å². The number of rotatable bonds is 1. The molecule has 1 aromatic heterocycles. The van der Waals surface area contributed by atoms with Gasteiger partial charge in [-0.2, -0.15) is 0 Å². The van der Waals surface area contributed by atoms with Crippen LogP contribution in [0.25, 0.3) is 10.9 Å². The Kier molecular flexibility index (Phi) is 2.05. The molecule has 0 fully saturated rings. The maximum Gasteiger partial charge on any atom is 0.261 e. The Morgan fingerprint density at radius 1 is 1.29 bits per heavy atom. The summed E-state index contributed by atoms with van der Waals surface area (Å²) in [6.45, 7) is 0. The average Bonchev–Trinajstić information content (AvgIpc) is 2.46. The summed E-state index contributed by atoms with van der Waals surface area (Å²) >= 11 is 0. The first-order chi connectivity index (χ1) is 6.48.